The zero-order valence-corrected chi connectivity index (χ0v) is 28.7. The summed E-state index contributed by atoms with van der Waals surface area (Å²) in [5, 5.41) is 0. The number of hydrogen-bond acceptors (Lipinski definition) is 8. The summed E-state index contributed by atoms with van der Waals surface area (Å²) >= 11 is 0. The van der Waals surface area contributed by atoms with E-state index in [0.717, 1.165) is 13.0 Å². The second-order valence-corrected chi connectivity index (χ2v) is 11.5. The zero-order chi connectivity index (χ0) is 32.1. The average Bonchev–Trinajstić information content (AvgIpc) is 3.06. The van der Waals surface area contributed by atoms with Crippen molar-refractivity contribution in [1.29, 1.82) is 0 Å². The van der Waals surface area contributed by atoms with E-state index in [1.165, 1.54) is 96.3 Å². The van der Waals surface area contributed by atoms with Crippen LogP contribution in [-0.4, -0.2) is 91.9 Å². The molecule has 0 N–H and O–H groups in total. The molecule has 0 atom stereocenters. The molecule has 0 aliphatic heterocycles. The van der Waals surface area contributed by atoms with Gasteiger partial charge in [0.25, 0.3) is 0 Å². The van der Waals surface area contributed by atoms with Gasteiger partial charge in [0, 0.05) is 6.61 Å². The van der Waals surface area contributed by atoms with Crippen LogP contribution in [0.4, 0.5) is 0 Å². The van der Waals surface area contributed by atoms with Gasteiger partial charge in [-0.1, -0.05) is 121 Å². The van der Waals surface area contributed by atoms with Gasteiger partial charge < -0.3 is 33.2 Å². The number of esters is 1. The second-order valence-electron chi connectivity index (χ2n) is 11.5. The number of carbonyl (C=O) groups is 1. The minimum atomic E-state index is -0.343. The molecule has 0 aliphatic rings. The van der Waals surface area contributed by atoms with Crippen LogP contribution < -0.4 is 0 Å². The Labute approximate surface area is 275 Å². The largest absolute Gasteiger partial charge is 0.460 e. The molecule has 45 heavy (non-hydrogen) atoms. The first-order chi connectivity index (χ1) is 22.3. The monoisotopic (exact) mass is 638 g/mol. The lowest BCUT2D eigenvalue weighted by atomic mass is 10.0. The summed E-state index contributed by atoms with van der Waals surface area (Å²) in [6.07, 6.45) is 22.2. The first-order valence-corrected chi connectivity index (χ1v) is 18.0. The predicted octanol–water partition coefficient (Wildman–Crippen LogP) is 8.20. The van der Waals surface area contributed by atoms with Crippen molar-refractivity contribution in [1.82, 2.24) is 0 Å². The summed E-state index contributed by atoms with van der Waals surface area (Å²) in [7, 11) is 0. The average molecular weight is 639 g/mol. The van der Waals surface area contributed by atoms with Crippen LogP contribution in [0, 0.1) is 0 Å². The smallest absolute Gasteiger partial charge is 0.338 e. The lowest BCUT2D eigenvalue weighted by Gasteiger charge is -2.08. The van der Waals surface area contributed by atoms with Crippen LogP contribution in [0.15, 0.2) is 30.3 Å². The number of rotatable bonds is 36. The minimum absolute atomic E-state index is 0.218. The van der Waals surface area contributed by atoms with Crippen molar-refractivity contribution < 1.29 is 38.0 Å². The molecule has 0 unspecified atom stereocenters. The molecule has 262 valence electrons. The Morgan fingerprint density at radius 2 is 0.711 bits per heavy atom. The second kappa shape index (κ2) is 35.3. The molecular weight excluding hydrogens is 572 g/mol. The zero-order valence-electron chi connectivity index (χ0n) is 28.7. The Hall–Kier alpha value is -1.55. The summed E-state index contributed by atoms with van der Waals surface area (Å²) in [6.45, 7) is 9.01. The highest BCUT2D eigenvalue weighted by molar-refractivity contribution is 5.89. The van der Waals surface area contributed by atoms with Gasteiger partial charge in [-0.3, -0.25) is 0 Å². The van der Waals surface area contributed by atoms with Crippen molar-refractivity contribution in [3.8, 4) is 0 Å². The molecule has 8 nitrogen and oxygen atoms in total. The topological polar surface area (TPSA) is 81.7 Å². The van der Waals surface area contributed by atoms with Crippen molar-refractivity contribution in [3.05, 3.63) is 35.9 Å². The highest BCUT2D eigenvalue weighted by Gasteiger charge is 2.05. The molecule has 1 aromatic rings. The number of ether oxygens (including phenoxy) is 7. The Bertz CT molecular complexity index is 718. The molecule has 0 saturated heterocycles. The SMILES string of the molecule is CCCCCCCCCCCCCCCCCCOCCOCCOCCOCCOCCOCCOC(=O)c1ccccc1. The van der Waals surface area contributed by atoms with Gasteiger partial charge in [-0.2, -0.15) is 0 Å². The molecule has 0 radical (unpaired) electrons. The van der Waals surface area contributed by atoms with Gasteiger partial charge in [0.15, 0.2) is 0 Å². The summed E-state index contributed by atoms with van der Waals surface area (Å²) in [5.41, 5.74) is 0.538. The van der Waals surface area contributed by atoms with Gasteiger partial charge in [-0.25, -0.2) is 4.79 Å². The normalized spacial score (nSPS) is 11.3. The third-order valence-corrected chi connectivity index (χ3v) is 7.47. The van der Waals surface area contributed by atoms with Crippen LogP contribution in [0.1, 0.15) is 120 Å². The Balaban J connectivity index is 1.63. The Morgan fingerprint density at radius 1 is 0.400 bits per heavy atom. The fourth-order valence-corrected chi connectivity index (χ4v) is 4.80. The van der Waals surface area contributed by atoms with Crippen LogP contribution in [-0.2, 0) is 33.2 Å². The van der Waals surface area contributed by atoms with Gasteiger partial charge in [0.1, 0.15) is 6.61 Å². The van der Waals surface area contributed by atoms with E-state index in [4.69, 9.17) is 33.2 Å². The molecule has 1 rings (SSSR count). The van der Waals surface area contributed by atoms with E-state index in [-0.39, 0.29) is 12.6 Å². The van der Waals surface area contributed by atoms with E-state index < -0.39 is 0 Å². The standard InChI is InChI=1S/C37H66O8/c1-2-3-4-5-6-7-8-9-10-11-12-13-14-15-16-20-23-39-24-25-40-26-27-41-28-29-42-30-31-43-32-33-44-34-35-45-37(38)36-21-18-17-19-22-36/h17-19,21-22H,2-16,20,23-35H2,1H3. The highest BCUT2D eigenvalue weighted by Crippen LogP contribution is 2.13. The number of hydrogen-bond donors (Lipinski definition) is 0. The van der Waals surface area contributed by atoms with Gasteiger partial charge in [0.2, 0.25) is 0 Å². The Kier molecular flexibility index (Phi) is 32.5. The van der Waals surface area contributed by atoms with Gasteiger partial charge in [0.05, 0.1) is 78.2 Å². The van der Waals surface area contributed by atoms with E-state index in [1.807, 2.05) is 6.07 Å². The first-order valence-electron chi connectivity index (χ1n) is 18.0. The molecule has 1 aromatic carbocycles. The molecule has 8 heteroatoms. The fourth-order valence-electron chi connectivity index (χ4n) is 4.80. The van der Waals surface area contributed by atoms with Crippen molar-refractivity contribution in [2.75, 3.05) is 85.9 Å². The fraction of sp³-hybridized carbons (Fsp3) is 0.811. The molecule has 0 heterocycles. The van der Waals surface area contributed by atoms with E-state index in [9.17, 15) is 4.79 Å². The molecule has 0 aromatic heterocycles. The van der Waals surface area contributed by atoms with E-state index in [2.05, 4.69) is 6.92 Å². The highest BCUT2D eigenvalue weighted by atomic mass is 16.6. The lowest BCUT2D eigenvalue weighted by Crippen LogP contribution is -2.15. The van der Waals surface area contributed by atoms with Crippen molar-refractivity contribution in [2.45, 2.75) is 110 Å². The van der Waals surface area contributed by atoms with Crippen molar-refractivity contribution in [2.24, 2.45) is 0 Å². The van der Waals surface area contributed by atoms with Crippen LogP contribution in [0.5, 0.6) is 0 Å². The summed E-state index contributed by atoms with van der Waals surface area (Å²) in [5.74, 6) is -0.343. The summed E-state index contributed by atoms with van der Waals surface area (Å²) < 4.78 is 38.3. The quantitative estimate of drug-likeness (QED) is 0.0537. The molecule has 0 aliphatic carbocycles. The lowest BCUT2D eigenvalue weighted by molar-refractivity contribution is -0.0194. The third kappa shape index (κ3) is 30.8. The van der Waals surface area contributed by atoms with Crippen LogP contribution in [0.2, 0.25) is 0 Å². The van der Waals surface area contributed by atoms with Crippen molar-refractivity contribution >= 4 is 5.97 Å². The summed E-state index contributed by atoms with van der Waals surface area (Å²) in [4.78, 5) is 11.8. The van der Waals surface area contributed by atoms with Crippen LogP contribution in [0.3, 0.4) is 0 Å². The van der Waals surface area contributed by atoms with Gasteiger partial charge >= 0.3 is 5.97 Å². The molecule has 0 bridgehead atoms. The van der Waals surface area contributed by atoms with E-state index in [0.29, 0.717) is 78.2 Å². The molecular formula is C37H66O8. The van der Waals surface area contributed by atoms with E-state index in [1.54, 1.807) is 24.3 Å². The van der Waals surface area contributed by atoms with E-state index >= 15 is 0 Å². The molecule has 0 fully saturated rings. The number of unbranched alkanes of at least 4 members (excludes halogenated alkanes) is 15. The third-order valence-electron chi connectivity index (χ3n) is 7.47. The van der Waals surface area contributed by atoms with Gasteiger partial charge in [-0.05, 0) is 18.6 Å². The minimum Gasteiger partial charge on any atom is -0.460 e. The maximum Gasteiger partial charge on any atom is 0.338 e. The molecule has 0 amide bonds. The number of benzene rings is 1. The maximum atomic E-state index is 11.8. The Morgan fingerprint density at radius 3 is 1.09 bits per heavy atom. The molecule has 0 saturated carbocycles. The van der Waals surface area contributed by atoms with Crippen molar-refractivity contribution in [3.63, 3.8) is 0 Å². The van der Waals surface area contributed by atoms with Gasteiger partial charge in [-0.15, -0.1) is 0 Å². The molecule has 0 spiro atoms. The first kappa shape index (κ1) is 41.5. The van der Waals surface area contributed by atoms with Crippen LogP contribution in [0.25, 0.3) is 0 Å². The van der Waals surface area contributed by atoms with Crippen LogP contribution >= 0.6 is 0 Å². The summed E-state index contributed by atoms with van der Waals surface area (Å²) in [6, 6.07) is 8.91. The number of carbonyl (C=O) groups excluding carboxylic acids is 1. The predicted molar refractivity (Wildman–Crippen MR) is 181 cm³/mol. The maximum absolute atomic E-state index is 11.8.